The predicted molar refractivity (Wildman–Crippen MR) is 141 cm³/mol. The molecule has 0 saturated carbocycles. The number of rotatable bonds is 7. The number of amides is 1. The van der Waals surface area contributed by atoms with Crippen LogP contribution in [0.15, 0.2) is 42.6 Å². The number of fused-ring (bicyclic) bond motifs is 4. The van der Waals surface area contributed by atoms with Crippen LogP contribution in [0.3, 0.4) is 0 Å². The van der Waals surface area contributed by atoms with Crippen LogP contribution in [0.1, 0.15) is 42.4 Å². The molecule has 8 heteroatoms. The molecule has 0 spiro atoms. The van der Waals surface area contributed by atoms with Crippen LogP contribution in [-0.4, -0.2) is 54.2 Å². The van der Waals surface area contributed by atoms with Crippen molar-refractivity contribution in [2.45, 2.75) is 56.8 Å². The number of pyridine rings is 1. The van der Waals surface area contributed by atoms with Gasteiger partial charge in [-0.25, -0.2) is 0 Å². The third-order valence-corrected chi connectivity index (χ3v) is 8.08. The van der Waals surface area contributed by atoms with E-state index >= 15 is 0 Å². The Morgan fingerprint density at radius 1 is 1.22 bits per heavy atom. The molecule has 2 N–H and O–H groups in total. The highest BCUT2D eigenvalue weighted by molar-refractivity contribution is 5.95. The number of hydrogen-bond donors (Lipinski definition) is 2. The molecule has 190 valence electrons. The van der Waals surface area contributed by atoms with Crippen molar-refractivity contribution < 1.29 is 14.3 Å². The van der Waals surface area contributed by atoms with Crippen molar-refractivity contribution in [1.82, 2.24) is 15.2 Å². The number of carbonyl (C=O) groups excluding carboxylic acids is 1. The molecule has 2 fully saturated rings. The fraction of sp³-hybridized carbons (Fsp3) is 0.414. The van der Waals surface area contributed by atoms with E-state index in [1.165, 1.54) is 12.8 Å². The first-order valence-corrected chi connectivity index (χ1v) is 13.0. The van der Waals surface area contributed by atoms with E-state index in [1.54, 1.807) is 13.3 Å². The summed E-state index contributed by atoms with van der Waals surface area (Å²) in [6.45, 7) is 1.79. The molecule has 4 heterocycles. The summed E-state index contributed by atoms with van der Waals surface area (Å²) in [7, 11) is 1.66. The van der Waals surface area contributed by atoms with Gasteiger partial charge in [0, 0.05) is 42.8 Å². The number of ether oxygens (including phenoxy) is 2. The fourth-order valence-electron chi connectivity index (χ4n) is 6.27. The maximum absolute atomic E-state index is 11.6. The summed E-state index contributed by atoms with van der Waals surface area (Å²) in [5.74, 6) is 1.41. The standard InChI is InChI=1S/C29H31N5O3/c1-36-23-5-6-26-25(13-23)24(19(14-30)16-32-26)8-9-34-21-3-4-22(34)12-20(11-21)31-15-18-2-7-28-27(10-18)33-29(35)17-37-28/h2,5-7,10,13,16,20-22,31H,3-4,8-9,11-12,15,17H2,1H3,(H,33,35). The summed E-state index contributed by atoms with van der Waals surface area (Å²) in [4.78, 5) is 18.8. The number of benzene rings is 2. The Labute approximate surface area is 216 Å². The van der Waals surface area contributed by atoms with E-state index in [0.29, 0.717) is 23.7 Å². The van der Waals surface area contributed by atoms with Gasteiger partial charge in [-0.3, -0.25) is 14.7 Å². The number of piperidine rings is 1. The zero-order valence-corrected chi connectivity index (χ0v) is 21.0. The van der Waals surface area contributed by atoms with Crippen LogP contribution in [0.5, 0.6) is 11.5 Å². The van der Waals surface area contributed by atoms with Gasteiger partial charge in [-0.15, -0.1) is 0 Å². The second-order valence-corrected chi connectivity index (χ2v) is 10.2. The topological polar surface area (TPSA) is 99.5 Å². The summed E-state index contributed by atoms with van der Waals surface area (Å²) in [6, 6.07) is 15.8. The van der Waals surface area contributed by atoms with Crippen LogP contribution in [-0.2, 0) is 17.8 Å². The van der Waals surface area contributed by atoms with E-state index in [4.69, 9.17) is 9.47 Å². The van der Waals surface area contributed by atoms with Crippen LogP contribution >= 0.6 is 0 Å². The lowest BCUT2D eigenvalue weighted by Gasteiger charge is -2.39. The molecule has 6 rings (SSSR count). The minimum atomic E-state index is -0.109. The monoisotopic (exact) mass is 497 g/mol. The molecular formula is C29H31N5O3. The SMILES string of the molecule is COc1ccc2ncc(C#N)c(CCN3C4CCC3CC(NCc3ccc5c(c3)NC(=O)CO5)C4)c2c1. The molecule has 2 atom stereocenters. The lowest BCUT2D eigenvalue weighted by atomic mass is 9.95. The van der Waals surface area contributed by atoms with E-state index in [-0.39, 0.29) is 12.5 Å². The smallest absolute Gasteiger partial charge is 0.262 e. The largest absolute Gasteiger partial charge is 0.497 e. The third-order valence-electron chi connectivity index (χ3n) is 8.08. The lowest BCUT2D eigenvalue weighted by Crippen LogP contribution is -2.49. The van der Waals surface area contributed by atoms with Gasteiger partial charge in [0.1, 0.15) is 17.6 Å². The van der Waals surface area contributed by atoms with Gasteiger partial charge >= 0.3 is 0 Å². The molecular weight excluding hydrogens is 466 g/mol. The van der Waals surface area contributed by atoms with Crippen molar-refractivity contribution in [1.29, 1.82) is 5.26 Å². The van der Waals surface area contributed by atoms with E-state index < -0.39 is 0 Å². The van der Waals surface area contributed by atoms with Crippen molar-refractivity contribution in [3.05, 3.63) is 59.3 Å². The zero-order valence-electron chi connectivity index (χ0n) is 21.0. The average molecular weight is 498 g/mol. The molecule has 2 unspecified atom stereocenters. The number of nitrogens with zero attached hydrogens (tertiary/aromatic N) is 3. The quantitative estimate of drug-likeness (QED) is 0.513. The summed E-state index contributed by atoms with van der Waals surface area (Å²) < 4.78 is 10.9. The highest BCUT2D eigenvalue weighted by Crippen LogP contribution is 2.37. The normalized spacial score (nSPS) is 22.7. The van der Waals surface area contributed by atoms with Crippen molar-refractivity contribution in [3.8, 4) is 17.6 Å². The lowest BCUT2D eigenvalue weighted by molar-refractivity contribution is -0.118. The maximum Gasteiger partial charge on any atom is 0.262 e. The summed E-state index contributed by atoms with van der Waals surface area (Å²) in [6.07, 6.45) is 7.22. The number of carbonyl (C=O) groups is 1. The van der Waals surface area contributed by atoms with Gasteiger partial charge in [0.2, 0.25) is 0 Å². The van der Waals surface area contributed by atoms with Crippen LogP contribution in [0.2, 0.25) is 0 Å². The Bertz CT molecular complexity index is 1370. The Morgan fingerprint density at radius 2 is 2.05 bits per heavy atom. The van der Waals surface area contributed by atoms with E-state index in [1.807, 2.05) is 30.3 Å². The van der Waals surface area contributed by atoms with E-state index in [0.717, 1.165) is 71.6 Å². The molecule has 0 aliphatic carbocycles. The third kappa shape index (κ3) is 4.73. The summed E-state index contributed by atoms with van der Waals surface area (Å²) in [5.41, 5.74) is 4.51. The first-order valence-electron chi connectivity index (χ1n) is 13.0. The first kappa shape index (κ1) is 23.7. The van der Waals surface area contributed by atoms with Crippen LogP contribution in [0.4, 0.5) is 5.69 Å². The molecule has 3 aliphatic rings. The summed E-state index contributed by atoms with van der Waals surface area (Å²) in [5, 5.41) is 17.4. The molecule has 8 nitrogen and oxygen atoms in total. The van der Waals surface area contributed by atoms with Crippen molar-refractivity contribution >= 4 is 22.5 Å². The maximum atomic E-state index is 11.6. The average Bonchev–Trinajstić information content (AvgIpc) is 3.16. The summed E-state index contributed by atoms with van der Waals surface area (Å²) >= 11 is 0. The van der Waals surface area contributed by atoms with Crippen molar-refractivity contribution in [2.75, 3.05) is 25.6 Å². The zero-order chi connectivity index (χ0) is 25.4. The highest BCUT2D eigenvalue weighted by Gasteiger charge is 2.40. The van der Waals surface area contributed by atoms with Gasteiger partial charge in [-0.1, -0.05) is 6.07 Å². The minimum absolute atomic E-state index is 0.0787. The van der Waals surface area contributed by atoms with Gasteiger partial charge in [0.05, 0.1) is 23.9 Å². The molecule has 3 aliphatic heterocycles. The van der Waals surface area contributed by atoms with Gasteiger partial charge in [-0.05, 0) is 73.6 Å². The number of methoxy groups -OCH3 is 1. The highest BCUT2D eigenvalue weighted by atomic mass is 16.5. The Kier molecular flexibility index (Phi) is 6.41. The van der Waals surface area contributed by atoms with Gasteiger partial charge in [0.15, 0.2) is 6.61 Å². The molecule has 1 aromatic heterocycles. The second-order valence-electron chi connectivity index (χ2n) is 10.2. The number of nitrogens with one attached hydrogen (secondary N) is 2. The first-order chi connectivity index (χ1) is 18.1. The minimum Gasteiger partial charge on any atom is -0.497 e. The molecule has 2 saturated heterocycles. The molecule has 0 radical (unpaired) electrons. The molecule has 3 aromatic rings. The predicted octanol–water partition coefficient (Wildman–Crippen LogP) is 3.77. The van der Waals surface area contributed by atoms with Crippen molar-refractivity contribution in [2.24, 2.45) is 0 Å². The Balaban J connectivity index is 1.10. The van der Waals surface area contributed by atoms with E-state index in [9.17, 15) is 10.1 Å². The van der Waals surface area contributed by atoms with Crippen LogP contribution in [0.25, 0.3) is 10.9 Å². The second kappa shape index (κ2) is 10.0. The number of nitriles is 1. The fourth-order valence-corrected chi connectivity index (χ4v) is 6.27. The van der Waals surface area contributed by atoms with E-state index in [2.05, 4.69) is 32.7 Å². The number of aromatic nitrogens is 1. The molecule has 2 bridgehead atoms. The molecule has 37 heavy (non-hydrogen) atoms. The van der Waals surface area contributed by atoms with Crippen LogP contribution in [0, 0.1) is 11.3 Å². The number of anilines is 1. The van der Waals surface area contributed by atoms with Crippen LogP contribution < -0.4 is 20.1 Å². The molecule has 2 aromatic carbocycles. The Hall–Kier alpha value is -3.67. The van der Waals surface area contributed by atoms with Gasteiger partial charge in [0.25, 0.3) is 5.91 Å². The van der Waals surface area contributed by atoms with Gasteiger partial charge in [-0.2, -0.15) is 5.26 Å². The molecule has 1 amide bonds. The van der Waals surface area contributed by atoms with Crippen molar-refractivity contribution in [3.63, 3.8) is 0 Å². The van der Waals surface area contributed by atoms with Gasteiger partial charge < -0.3 is 20.1 Å². The Morgan fingerprint density at radius 3 is 2.84 bits per heavy atom. The number of hydrogen-bond acceptors (Lipinski definition) is 7.